The third-order valence-corrected chi connectivity index (χ3v) is 1.90. The first-order chi connectivity index (χ1) is 4.84. The van der Waals surface area contributed by atoms with Gasteiger partial charge in [-0.25, -0.2) is 0 Å². The highest BCUT2D eigenvalue weighted by Crippen LogP contribution is 2.37. The summed E-state index contributed by atoms with van der Waals surface area (Å²) in [7, 11) is -4.31. The number of carbonyl (C=O) groups excluding carboxylic acids is 1. The molecule has 0 amide bonds. The molecule has 0 aliphatic rings. The molecule has 7 heteroatoms. The summed E-state index contributed by atoms with van der Waals surface area (Å²) in [5.74, 6) is -2.04. The van der Waals surface area contributed by atoms with Crippen molar-refractivity contribution in [3.63, 3.8) is 0 Å². The van der Waals surface area contributed by atoms with Crippen LogP contribution in [-0.4, -0.2) is 28.1 Å². The maximum absolute atomic E-state index is 10.3. The molecule has 1 unspecified atom stereocenters. The van der Waals surface area contributed by atoms with E-state index in [-0.39, 0.29) is 0 Å². The summed E-state index contributed by atoms with van der Waals surface area (Å²) in [6.45, 7) is 0.673. The van der Waals surface area contributed by atoms with Crippen molar-refractivity contribution in [1.29, 1.82) is 0 Å². The molecule has 0 saturated heterocycles. The highest BCUT2D eigenvalue weighted by Gasteiger charge is 2.25. The molecular formula is C4H10NO5P. The maximum Gasteiger partial charge on any atom is 0.345 e. The van der Waals surface area contributed by atoms with Crippen molar-refractivity contribution in [3.05, 3.63) is 0 Å². The minimum absolute atomic E-state index is 0.459. The zero-order chi connectivity index (χ0) is 9.07. The lowest BCUT2D eigenvalue weighted by Crippen LogP contribution is -2.27. The Balaban J connectivity index is 3.80. The summed E-state index contributed by atoms with van der Waals surface area (Å²) < 4.78 is 14.6. The molecule has 0 aromatic carbocycles. The van der Waals surface area contributed by atoms with Gasteiger partial charge in [-0.1, -0.05) is 0 Å². The molecule has 0 rings (SSSR count). The van der Waals surface area contributed by atoms with E-state index in [1.54, 1.807) is 0 Å². The lowest BCUT2D eigenvalue weighted by atomic mass is 10.7. The van der Waals surface area contributed by atoms with Crippen molar-refractivity contribution < 1.29 is 23.9 Å². The van der Waals surface area contributed by atoms with Crippen LogP contribution < -0.4 is 5.73 Å². The molecule has 1 atom stereocenters. The van der Waals surface area contributed by atoms with E-state index in [4.69, 9.17) is 15.5 Å². The normalized spacial score (nSPS) is 14.2. The summed E-state index contributed by atoms with van der Waals surface area (Å²) in [6, 6.07) is 0. The number of hydrogen-bond donors (Lipinski definition) is 3. The predicted octanol–water partition coefficient (Wildman–Crippen LogP) is -0.988. The molecular weight excluding hydrogens is 173 g/mol. The molecule has 6 nitrogen and oxygen atoms in total. The van der Waals surface area contributed by atoms with E-state index < -0.39 is 26.0 Å². The molecule has 0 saturated carbocycles. The second-order valence-corrected chi connectivity index (χ2v) is 3.80. The van der Waals surface area contributed by atoms with Crippen LogP contribution in [0.5, 0.6) is 0 Å². The Morgan fingerprint density at radius 2 is 2.18 bits per heavy atom. The second-order valence-electron chi connectivity index (χ2n) is 1.96. The van der Waals surface area contributed by atoms with Crippen molar-refractivity contribution in [2.45, 2.75) is 12.7 Å². The van der Waals surface area contributed by atoms with Gasteiger partial charge in [-0.2, -0.15) is 0 Å². The molecule has 0 fully saturated rings. The Morgan fingerprint density at radius 1 is 1.73 bits per heavy atom. The van der Waals surface area contributed by atoms with Crippen LogP contribution in [0.3, 0.4) is 0 Å². The van der Waals surface area contributed by atoms with E-state index in [0.29, 0.717) is 0 Å². The fraction of sp³-hybridized carbons (Fsp3) is 0.750. The minimum Gasteiger partial charge on any atom is -0.464 e. The average Bonchev–Trinajstić information content (AvgIpc) is 1.80. The lowest BCUT2D eigenvalue weighted by Gasteiger charge is -2.12. The van der Waals surface area contributed by atoms with Gasteiger partial charge in [0.2, 0.25) is 0 Å². The molecule has 0 spiro atoms. The van der Waals surface area contributed by atoms with Gasteiger partial charge in [-0.15, -0.1) is 0 Å². The lowest BCUT2D eigenvalue weighted by molar-refractivity contribution is -0.140. The van der Waals surface area contributed by atoms with Crippen molar-refractivity contribution in [3.8, 4) is 0 Å². The number of nitrogens with two attached hydrogens (primary N) is 1. The van der Waals surface area contributed by atoms with Crippen LogP contribution >= 0.6 is 7.60 Å². The first-order valence-electron chi connectivity index (χ1n) is 2.78. The summed E-state index contributed by atoms with van der Waals surface area (Å²) in [5, 5.41) is 0. The van der Waals surface area contributed by atoms with Crippen LogP contribution in [0.1, 0.15) is 6.92 Å². The Kier molecular flexibility index (Phi) is 3.68. The topological polar surface area (TPSA) is 110 Å². The quantitative estimate of drug-likeness (QED) is 0.383. The monoisotopic (exact) mass is 183 g/mol. The van der Waals surface area contributed by atoms with E-state index >= 15 is 0 Å². The first kappa shape index (κ1) is 10.6. The van der Waals surface area contributed by atoms with Gasteiger partial charge >= 0.3 is 13.6 Å². The Hall–Kier alpha value is -0.420. The van der Waals surface area contributed by atoms with Crippen LogP contribution in [0.15, 0.2) is 0 Å². The summed E-state index contributed by atoms with van der Waals surface area (Å²) in [5.41, 5.74) is 4.96. The Morgan fingerprint density at radius 3 is 2.45 bits per heavy atom. The van der Waals surface area contributed by atoms with Crippen molar-refractivity contribution in [1.82, 2.24) is 0 Å². The molecule has 0 aromatic heterocycles. The van der Waals surface area contributed by atoms with Crippen LogP contribution in [-0.2, 0) is 14.1 Å². The molecule has 11 heavy (non-hydrogen) atoms. The van der Waals surface area contributed by atoms with E-state index in [1.165, 1.54) is 0 Å². The van der Waals surface area contributed by atoms with Gasteiger partial charge < -0.3 is 20.3 Å². The van der Waals surface area contributed by atoms with E-state index in [9.17, 15) is 9.36 Å². The fourth-order valence-corrected chi connectivity index (χ4v) is 0.569. The third-order valence-electron chi connectivity index (χ3n) is 0.889. The second kappa shape index (κ2) is 3.82. The van der Waals surface area contributed by atoms with Crippen LogP contribution in [0.4, 0.5) is 0 Å². The maximum atomic E-state index is 10.3. The highest BCUT2D eigenvalue weighted by molar-refractivity contribution is 7.52. The third kappa shape index (κ3) is 4.92. The summed E-state index contributed by atoms with van der Waals surface area (Å²) >= 11 is 0. The smallest absolute Gasteiger partial charge is 0.345 e. The van der Waals surface area contributed by atoms with Crippen LogP contribution in [0.25, 0.3) is 0 Å². The Bertz CT molecular complexity index is 187. The fourth-order valence-electron chi connectivity index (χ4n) is 0.300. The number of ether oxygens (including phenoxy) is 1. The van der Waals surface area contributed by atoms with Gasteiger partial charge in [0.15, 0.2) is 0 Å². The van der Waals surface area contributed by atoms with Gasteiger partial charge in [0.05, 0.1) is 0 Å². The van der Waals surface area contributed by atoms with Gasteiger partial charge in [-0.3, -0.25) is 9.36 Å². The highest BCUT2D eigenvalue weighted by atomic mass is 31.2. The number of esters is 1. The molecule has 66 valence electrons. The van der Waals surface area contributed by atoms with E-state index in [2.05, 4.69) is 4.74 Å². The average molecular weight is 183 g/mol. The number of rotatable bonds is 3. The van der Waals surface area contributed by atoms with Crippen LogP contribution in [0.2, 0.25) is 0 Å². The summed E-state index contributed by atoms with van der Waals surface area (Å²) in [6.07, 6.45) is 0. The van der Waals surface area contributed by atoms with Crippen LogP contribution in [0, 0.1) is 0 Å². The van der Waals surface area contributed by atoms with E-state index in [0.717, 1.165) is 6.92 Å². The minimum atomic E-state index is -4.31. The first-order valence-corrected chi connectivity index (χ1v) is 4.46. The standard InChI is InChI=1S/C4H10NO5P/c1-3(6)10-2-4(5)11(7,8)9/h4H,2,5H2,1H3,(H2,7,8,9). The Labute approximate surface area is 63.5 Å². The van der Waals surface area contributed by atoms with E-state index in [1.807, 2.05) is 0 Å². The van der Waals surface area contributed by atoms with Crippen molar-refractivity contribution in [2.75, 3.05) is 6.61 Å². The van der Waals surface area contributed by atoms with Gasteiger partial charge in [0, 0.05) is 6.92 Å². The van der Waals surface area contributed by atoms with Gasteiger partial charge in [0.25, 0.3) is 0 Å². The number of carbonyl (C=O) groups is 1. The molecule has 0 aliphatic heterocycles. The largest absolute Gasteiger partial charge is 0.464 e. The molecule has 0 aliphatic carbocycles. The van der Waals surface area contributed by atoms with Gasteiger partial charge in [-0.05, 0) is 0 Å². The zero-order valence-corrected chi connectivity index (χ0v) is 6.82. The molecule has 4 N–H and O–H groups in total. The number of hydrogen-bond acceptors (Lipinski definition) is 4. The molecule has 0 aromatic rings. The van der Waals surface area contributed by atoms with Gasteiger partial charge in [0.1, 0.15) is 12.4 Å². The molecule has 0 bridgehead atoms. The SMILES string of the molecule is CC(=O)OCC(N)P(=O)(O)O. The van der Waals surface area contributed by atoms with Crippen molar-refractivity contribution in [2.24, 2.45) is 5.73 Å². The summed E-state index contributed by atoms with van der Waals surface area (Å²) in [4.78, 5) is 26.9. The molecule has 0 heterocycles. The molecule has 0 radical (unpaired) electrons. The zero-order valence-electron chi connectivity index (χ0n) is 5.93. The van der Waals surface area contributed by atoms with Crippen molar-refractivity contribution >= 4 is 13.6 Å². The predicted molar refractivity (Wildman–Crippen MR) is 36.7 cm³/mol.